The van der Waals surface area contributed by atoms with Crippen LogP contribution in [0, 0.1) is 5.41 Å². The topological polar surface area (TPSA) is 28.8 Å². The summed E-state index contributed by atoms with van der Waals surface area (Å²) in [5, 5.41) is 7.80. The molecule has 70 valence electrons. The molecule has 0 saturated carbocycles. The van der Waals surface area contributed by atoms with Crippen molar-refractivity contribution in [2.24, 2.45) is 0 Å². The third-order valence-electron chi connectivity index (χ3n) is 2.36. The molecule has 0 bridgehead atoms. The van der Waals surface area contributed by atoms with Crippen LogP contribution in [0.2, 0.25) is 0 Å². The molecular weight excluding hydrogens is 180 g/mol. The molecule has 3 heteroatoms. The number of nitrogens with one attached hydrogen (secondary N) is 1. The molecule has 0 amide bonds. The van der Waals surface area contributed by atoms with Crippen LogP contribution in [0.1, 0.15) is 23.9 Å². The Hall–Kier alpha value is -0.830. The Morgan fingerprint density at radius 2 is 2.38 bits per heavy atom. The molecule has 0 saturated heterocycles. The molecule has 0 spiro atoms. The maximum absolute atomic E-state index is 7.80. The predicted molar refractivity (Wildman–Crippen MR) is 55.0 cm³/mol. The minimum Gasteiger partial charge on any atom is -0.317 e. The number of thiazole rings is 1. The number of aromatic nitrogens is 1. The summed E-state index contributed by atoms with van der Waals surface area (Å²) < 4.78 is 2.11. The molecule has 2 rings (SSSR count). The van der Waals surface area contributed by atoms with Crippen molar-refractivity contribution in [3.05, 3.63) is 27.5 Å². The first-order chi connectivity index (χ1) is 6.18. The van der Waals surface area contributed by atoms with E-state index < -0.39 is 0 Å². The lowest BCUT2D eigenvalue weighted by atomic mass is 10.3. The number of allylic oxidation sites excluding steroid dienone is 1. The lowest BCUT2D eigenvalue weighted by molar-refractivity contribution is 0.700. The van der Waals surface area contributed by atoms with Gasteiger partial charge in [0, 0.05) is 17.1 Å². The molecule has 1 N–H and O–H groups in total. The molecule has 1 aliphatic rings. The average molecular weight is 194 g/mol. The SMILES string of the molecule is C=C(C)Cn1c2c(sc1=N)CCC2. The fourth-order valence-electron chi connectivity index (χ4n) is 1.83. The molecule has 2 nitrogen and oxygen atoms in total. The number of aryl methyl sites for hydroxylation is 1. The van der Waals surface area contributed by atoms with Gasteiger partial charge >= 0.3 is 0 Å². The zero-order chi connectivity index (χ0) is 9.42. The molecule has 0 aromatic carbocycles. The van der Waals surface area contributed by atoms with Gasteiger partial charge in [0.1, 0.15) is 0 Å². The van der Waals surface area contributed by atoms with Crippen molar-refractivity contribution < 1.29 is 0 Å². The average Bonchev–Trinajstić information content (AvgIpc) is 2.55. The molecule has 1 aromatic heterocycles. The van der Waals surface area contributed by atoms with Crippen LogP contribution >= 0.6 is 11.3 Å². The van der Waals surface area contributed by atoms with E-state index in [1.165, 1.54) is 23.4 Å². The van der Waals surface area contributed by atoms with Gasteiger partial charge in [-0.2, -0.15) is 0 Å². The van der Waals surface area contributed by atoms with Crippen LogP contribution in [0.3, 0.4) is 0 Å². The van der Waals surface area contributed by atoms with Gasteiger partial charge < -0.3 is 4.57 Å². The lowest BCUT2D eigenvalue weighted by Crippen LogP contribution is -2.16. The Morgan fingerprint density at radius 1 is 1.62 bits per heavy atom. The molecule has 1 heterocycles. The smallest absolute Gasteiger partial charge is 0.182 e. The van der Waals surface area contributed by atoms with Crippen LogP contribution in [0.5, 0.6) is 0 Å². The summed E-state index contributed by atoms with van der Waals surface area (Å²) in [6.45, 7) is 6.74. The van der Waals surface area contributed by atoms with E-state index in [9.17, 15) is 0 Å². The van der Waals surface area contributed by atoms with E-state index in [-0.39, 0.29) is 0 Å². The highest BCUT2D eigenvalue weighted by molar-refractivity contribution is 7.09. The number of hydrogen-bond donors (Lipinski definition) is 1. The summed E-state index contributed by atoms with van der Waals surface area (Å²) in [6.07, 6.45) is 3.59. The fourth-order valence-corrected chi connectivity index (χ4v) is 2.92. The van der Waals surface area contributed by atoms with E-state index in [0.717, 1.165) is 18.5 Å². The minimum absolute atomic E-state index is 0.688. The van der Waals surface area contributed by atoms with E-state index in [2.05, 4.69) is 11.1 Å². The van der Waals surface area contributed by atoms with Gasteiger partial charge in [-0.25, -0.2) is 0 Å². The third-order valence-corrected chi connectivity index (χ3v) is 3.46. The minimum atomic E-state index is 0.688. The van der Waals surface area contributed by atoms with Crippen molar-refractivity contribution in [3.63, 3.8) is 0 Å². The zero-order valence-corrected chi connectivity index (χ0v) is 8.71. The Labute approximate surface area is 82.0 Å². The largest absolute Gasteiger partial charge is 0.317 e. The second-order valence-electron chi connectivity index (χ2n) is 3.67. The first-order valence-corrected chi connectivity index (χ1v) is 5.40. The molecule has 0 atom stereocenters. The summed E-state index contributed by atoms with van der Waals surface area (Å²) in [6, 6.07) is 0. The zero-order valence-electron chi connectivity index (χ0n) is 7.89. The van der Waals surface area contributed by atoms with Crippen molar-refractivity contribution in [2.45, 2.75) is 32.7 Å². The second kappa shape index (κ2) is 3.14. The Bertz CT molecular complexity index is 398. The number of nitrogens with zero attached hydrogens (tertiary/aromatic N) is 1. The van der Waals surface area contributed by atoms with Crippen LogP contribution in [-0.4, -0.2) is 4.57 Å². The first kappa shape index (κ1) is 8.75. The molecule has 0 aliphatic heterocycles. The van der Waals surface area contributed by atoms with E-state index in [4.69, 9.17) is 5.41 Å². The Kier molecular flexibility index (Phi) is 2.12. The van der Waals surface area contributed by atoms with Crippen molar-refractivity contribution in [1.82, 2.24) is 4.57 Å². The van der Waals surface area contributed by atoms with Gasteiger partial charge in [0.05, 0.1) is 0 Å². The van der Waals surface area contributed by atoms with Gasteiger partial charge in [0.15, 0.2) is 4.80 Å². The maximum atomic E-state index is 7.80. The second-order valence-corrected chi connectivity index (χ2v) is 4.76. The van der Waals surface area contributed by atoms with Crippen LogP contribution in [0.15, 0.2) is 12.2 Å². The van der Waals surface area contributed by atoms with Gasteiger partial charge in [0.2, 0.25) is 0 Å². The highest BCUT2D eigenvalue weighted by atomic mass is 32.1. The highest BCUT2D eigenvalue weighted by Gasteiger charge is 2.17. The van der Waals surface area contributed by atoms with Crippen LogP contribution in [0.25, 0.3) is 0 Å². The quantitative estimate of drug-likeness (QED) is 0.699. The molecule has 0 fully saturated rings. The standard InChI is InChI=1S/C10H14N2S/c1-7(2)6-12-8-4-3-5-9(8)13-10(12)11/h11H,1,3-6H2,2H3. The lowest BCUT2D eigenvalue weighted by Gasteiger charge is -2.05. The van der Waals surface area contributed by atoms with Crippen molar-refractivity contribution in [3.8, 4) is 0 Å². The summed E-state index contributed by atoms with van der Waals surface area (Å²) in [5.41, 5.74) is 2.52. The molecular formula is C10H14N2S. The van der Waals surface area contributed by atoms with Crippen LogP contribution < -0.4 is 4.80 Å². The molecule has 1 aliphatic carbocycles. The van der Waals surface area contributed by atoms with Crippen LogP contribution in [0.4, 0.5) is 0 Å². The summed E-state index contributed by atoms with van der Waals surface area (Å²) in [7, 11) is 0. The number of hydrogen-bond acceptors (Lipinski definition) is 2. The van der Waals surface area contributed by atoms with Crippen molar-refractivity contribution >= 4 is 11.3 Å². The van der Waals surface area contributed by atoms with Gasteiger partial charge in [-0.05, 0) is 26.2 Å². The molecule has 0 unspecified atom stereocenters. The first-order valence-electron chi connectivity index (χ1n) is 4.59. The summed E-state index contributed by atoms with van der Waals surface area (Å²) >= 11 is 1.63. The summed E-state index contributed by atoms with van der Waals surface area (Å²) in [5.74, 6) is 0. The van der Waals surface area contributed by atoms with E-state index in [1.807, 2.05) is 6.92 Å². The van der Waals surface area contributed by atoms with Crippen molar-refractivity contribution in [2.75, 3.05) is 0 Å². The Morgan fingerprint density at radius 3 is 3.08 bits per heavy atom. The monoisotopic (exact) mass is 194 g/mol. The predicted octanol–water partition coefficient (Wildman–Crippen LogP) is 2.09. The van der Waals surface area contributed by atoms with Gasteiger partial charge in [-0.15, -0.1) is 11.3 Å². The van der Waals surface area contributed by atoms with Gasteiger partial charge in [0.25, 0.3) is 0 Å². The van der Waals surface area contributed by atoms with E-state index in [0.29, 0.717) is 4.80 Å². The summed E-state index contributed by atoms with van der Waals surface area (Å²) in [4.78, 5) is 2.11. The third kappa shape index (κ3) is 1.48. The van der Waals surface area contributed by atoms with E-state index in [1.54, 1.807) is 11.3 Å². The van der Waals surface area contributed by atoms with Crippen LogP contribution in [-0.2, 0) is 19.4 Å². The highest BCUT2D eigenvalue weighted by Crippen LogP contribution is 2.24. The Balaban J connectivity index is 2.44. The van der Waals surface area contributed by atoms with E-state index >= 15 is 0 Å². The maximum Gasteiger partial charge on any atom is 0.182 e. The fraction of sp³-hybridized carbons (Fsp3) is 0.500. The molecule has 1 aromatic rings. The molecule has 0 radical (unpaired) electrons. The normalized spacial score (nSPS) is 14.5. The van der Waals surface area contributed by atoms with Gasteiger partial charge in [-0.3, -0.25) is 5.41 Å². The number of rotatable bonds is 2. The van der Waals surface area contributed by atoms with Crippen molar-refractivity contribution in [1.29, 1.82) is 5.41 Å². The van der Waals surface area contributed by atoms with Gasteiger partial charge in [-0.1, -0.05) is 12.2 Å². The molecule has 13 heavy (non-hydrogen) atoms. The number of fused-ring (bicyclic) bond motifs is 1.